The van der Waals surface area contributed by atoms with Gasteiger partial charge in [-0.3, -0.25) is 19.6 Å². The number of hydrogen-bond donors (Lipinski definition) is 2. The van der Waals surface area contributed by atoms with Crippen LogP contribution in [0.1, 0.15) is 22.5 Å². The van der Waals surface area contributed by atoms with Gasteiger partial charge in [-0.15, -0.1) is 0 Å². The standard InChI is InChI=1S/C34H36N6O2/c1-21-15-31(39(3)4)27-19-25(11-13-29(27)35-21)37-33(41)17-23-7-9-24(10-8-23)18-34(42)38-26-12-14-30-28(20-26)32(40(5)6)16-22(2)36-30/h7-16,19-20H,17-18H2,1-6H3,(H,37,41)(H,38,42). The molecule has 8 heteroatoms. The third-order valence-corrected chi connectivity index (χ3v) is 7.11. The van der Waals surface area contributed by atoms with Crippen molar-refractivity contribution in [3.63, 3.8) is 0 Å². The molecule has 2 aromatic heterocycles. The normalized spacial score (nSPS) is 11.0. The maximum atomic E-state index is 12.8. The second-order valence-electron chi connectivity index (χ2n) is 11.1. The van der Waals surface area contributed by atoms with E-state index in [0.717, 1.165) is 67.1 Å². The molecule has 42 heavy (non-hydrogen) atoms. The highest BCUT2D eigenvalue weighted by atomic mass is 16.2. The molecule has 0 aliphatic carbocycles. The van der Waals surface area contributed by atoms with Crippen LogP contribution in [0, 0.1) is 13.8 Å². The van der Waals surface area contributed by atoms with E-state index in [1.165, 1.54) is 0 Å². The SMILES string of the molecule is Cc1cc(N(C)C)c2cc(NC(=O)Cc3ccc(CC(=O)Nc4ccc5nc(C)cc(N(C)C)c5c4)cc3)ccc2n1. The second-order valence-corrected chi connectivity index (χ2v) is 11.1. The van der Waals surface area contributed by atoms with Crippen LogP contribution in [0.5, 0.6) is 0 Å². The number of pyridine rings is 2. The first-order valence-electron chi connectivity index (χ1n) is 13.9. The average molecular weight is 561 g/mol. The molecular weight excluding hydrogens is 524 g/mol. The minimum absolute atomic E-state index is 0.107. The van der Waals surface area contributed by atoms with Crippen LogP contribution in [0.4, 0.5) is 22.7 Å². The van der Waals surface area contributed by atoms with Gasteiger partial charge >= 0.3 is 0 Å². The number of aromatic nitrogens is 2. The molecule has 0 saturated carbocycles. The summed E-state index contributed by atoms with van der Waals surface area (Å²) < 4.78 is 0. The van der Waals surface area contributed by atoms with E-state index in [0.29, 0.717) is 0 Å². The van der Waals surface area contributed by atoms with Gasteiger partial charge in [-0.1, -0.05) is 24.3 Å². The number of fused-ring (bicyclic) bond motifs is 2. The monoisotopic (exact) mass is 560 g/mol. The summed E-state index contributed by atoms with van der Waals surface area (Å²) in [7, 11) is 7.98. The van der Waals surface area contributed by atoms with Crippen molar-refractivity contribution in [1.82, 2.24) is 9.97 Å². The third kappa shape index (κ3) is 6.49. The predicted octanol–water partition coefficient (Wildman–Crippen LogP) is 5.89. The summed E-state index contributed by atoms with van der Waals surface area (Å²) in [5.41, 5.74) is 8.99. The van der Waals surface area contributed by atoms with Crippen LogP contribution in [0.25, 0.3) is 21.8 Å². The fourth-order valence-corrected chi connectivity index (χ4v) is 5.12. The molecule has 0 atom stereocenters. The minimum atomic E-state index is -0.107. The first-order valence-corrected chi connectivity index (χ1v) is 13.9. The number of carbonyl (C=O) groups excluding carboxylic acids is 2. The molecule has 0 fully saturated rings. The van der Waals surface area contributed by atoms with Gasteiger partial charge in [-0.05, 0) is 73.5 Å². The highest BCUT2D eigenvalue weighted by molar-refractivity contribution is 5.99. The third-order valence-electron chi connectivity index (χ3n) is 7.11. The number of carbonyl (C=O) groups is 2. The lowest BCUT2D eigenvalue weighted by Gasteiger charge is -2.17. The van der Waals surface area contributed by atoms with Gasteiger partial charge in [0.2, 0.25) is 11.8 Å². The summed E-state index contributed by atoms with van der Waals surface area (Å²) in [5, 5.41) is 7.99. The topological polar surface area (TPSA) is 90.5 Å². The summed E-state index contributed by atoms with van der Waals surface area (Å²) in [6, 6.07) is 23.2. The average Bonchev–Trinajstić information content (AvgIpc) is 2.93. The van der Waals surface area contributed by atoms with Crippen molar-refractivity contribution >= 4 is 56.4 Å². The number of nitrogens with zero attached hydrogens (tertiary/aromatic N) is 4. The molecule has 0 saturated heterocycles. The van der Waals surface area contributed by atoms with E-state index in [-0.39, 0.29) is 24.7 Å². The Morgan fingerprint density at radius 1 is 0.595 bits per heavy atom. The molecule has 2 N–H and O–H groups in total. The summed E-state index contributed by atoms with van der Waals surface area (Å²) in [4.78, 5) is 39.0. The van der Waals surface area contributed by atoms with E-state index < -0.39 is 0 Å². The minimum Gasteiger partial charge on any atom is -0.377 e. The van der Waals surface area contributed by atoms with E-state index in [1.807, 2.05) is 125 Å². The largest absolute Gasteiger partial charge is 0.377 e. The van der Waals surface area contributed by atoms with Crippen LogP contribution in [0.15, 0.2) is 72.8 Å². The lowest BCUT2D eigenvalue weighted by Crippen LogP contribution is -2.16. The van der Waals surface area contributed by atoms with Crippen LogP contribution in [0.3, 0.4) is 0 Å². The van der Waals surface area contributed by atoms with Crippen molar-refractivity contribution in [1.29, 1.82) is 0 Å². The first-order chi connectivity index (χ1) is 20.0. The number of amides is 2. The molecule has 0 aliphatic heterocycles. The van der Waals surface area contributed by atoms with Gasteiger partial charge in [0.05, 0.1) is 23.9 Å². The van der Waals surface area contributed by atoms with Gasteiger partial charge in [0.25, 0.3) is 0 Å². The highest BCUT2D eigenvalue weighted by Gasteiger charge is 2.12. The van der Waals surface area contributed by atoms with Crippen molar-refractivity contribution in [2.24, 2.45) is 0 Å². The molecule has 0 bridgehead atoms. The quantitative estimate of drug-likeness (QED) is 0.246. The van der Waals surface area contributed by atoms with Crippen molar-refractivity contribution in [2.75, 3.05) is 48.6 Å². The van der Waals surface area contributed by atoms with Crippen molar-refractivity contribution in [2.45, 2.75) is 26.7 Å². The van der Waals surface area contributed by atoms with E-state index in [2.05, 4.69) is 20.6 Å². The van der Waals surface area contributed by atoms with Crippen molar-refractivity contribution in [3.8, 4) is 0 Å². The molecule has 0 aliphatic rings. The Balaban J connectivity index is 1.20. The summed E-state index contributed by atoms with van der Waals surface area (Å²) in [6.07, 6.45) is 0.464. The Hall–Kier alpha value is -4.98. The molecule has 0 spiro atoms. The van der Waals surface area contributed by atoms with Crippen LogP contribution < -0.4 is 20.4 Å². The Morgan fingerprint density at radius 2 is 0.976 bits per heavy atom. The molecule has 5 rings (SSSR count). The Labute approximate surface area is 246 Å². The van der Waals surface area contributed by atoms with Gasteiger partial charge < -0.3 is 20.4 Å². The number of benzene rings is 3. The summed E-state index contributed by atoms with van der Waals surface area (Å²) in [5.74, 6) is -0.214. The van der Waals surface area contributed by atoms with E-state index in [1.54, 1.807) is 0 Å². The number of hydrogen-bond acceptors (Lipinski definition) is 6. The Morgan fingerprint density at radius 3 is 1.33 bits per heavy atom. The lowest BCUT2D eigenvalue weighted by atomic mass is 10.1. The number of nitrogens with one attached hydrogen (secondary N) is 2. The van der Waals surface area contributed by atoms with Crippen LogP contribution >= 0.6 is 0 Å². The van der Waals surface area contributed by atoms with Crippen LogP contribution in [-0.4, -0.2) is 50.0 Å². The molecule has 2 amide bonds. The number of rotatable bonds is 8. The number of aryl methyl sites for hydroxylation is 2. The summed E-state index contributed by atoms with van der Waals surface area (Å²) >= 11 is 0. The fourth-order valence-electron chi connectivity index (χ4n) is 5.12. The second kappa shape index (κ2) is 11.9. The van der Waals surface area contributed by atoms with E-state index >= 15 is 0 Å². The zero-order valence-electron chi connectivity index (χ0n) is 24.9. The first kappa shape index (κ1) is 28.5. The summed E-state index contributed by atoms with van der Waals surface area (Å²) in [6.45, 7) is 3.95. The maximum Gasteiger partial charge on any atom is 0.228 e. The number of anilines is 4. The molecule has 2 heterocycles. The molecule has 5 aromatic rings. The molecule has 8 nitrogen and oxygen atoms in total. The molecular formula is C34H36N6O2. The van der Waals surface area contributed by atoms with E-state index in [9.17, 15) is 9.59 Å². The van der Waals surface area contributed by atoms with Crippen LogP contribution in [0.2, 0.25) is 0 Å². The highest BCUT2D eigenvalue weighted by Crippen LogP contribution is 2.29. The molecule has 0 unspecified atom stereocenters. The Kier molecular flexibility index (Phi) is 8.06. The maximum absolute atomic E-state index is 12.8. The predicted molar refractivity (Wildman–Crippen MR) is 173 cm³/mol. The van der Waals surface area contributed by atoms with Gasteiger partial charge in [-0.25, -0.2) is 0 Å². The van der Waals surface area contributed by atoms with Gasteiger partial charge in [0.15, 0.2) is 0 Å². The zero-order chi connectivity index (χ0) is 30.0. The fraction of sp³-hybridized carbons (Fsp3) is 0.235. The molecule has 3 aromatic carbocycles. The van der Waals surface area contributed by atoms with Gasteiger partial charge in [0.1, 0.15) is 0 Å². The zero-order valence-corrected chi connectivity index (χ0v) is 24.9. The van der Waals surface area contributed by atoms with Crippen molar-refractivity contribution < 1.29 is 9.59 Å². The molecule has 0 radical (unpaired) electrons. The Bertz CT molecular complexity index is 1660. The molecule has 214 valence electrons. The van der Waals surface area contributed by atoms with Crippen LogP contribution in [-0.2, 0) is 22.4 Å². The smallest absolute Gasteiger partial charge is 0.228 e. The lowest BCUT2D eigenvalue weighted by molar-refractivity contribution is -0.116. The van der Waals surface area contributed by atoms with E-state index in [4.69, 9.17) is 0 Å². The van der Waals surface area contributed by atoms with Crippen molar-refractivity contribution in [3.05, 3.63) is 95.3 Å². The van der Waals surface area contributed by atoms with Gasteiger partial charge in [0, 0.05) is 73.1 Å². The van der Waals surface area contributed by atoms with Gasteiger partial charge in [-0.2, -0.15) is 0 Å².